The smallest absolute Gasteiger partial charge is 0.326 e. The lowest BCUT2D eigenvalue weighted by atomic mass is 10.0. The minimum Gasteiger partial charge on any atom is -0.480 e. The van der Waals surface area contributed by atoms with Crippen molar-refractivity contribution in [2.75, 3.05) is 6.54 Å². The predicted octanol–water partition coefficient (Wildman–Crippen LogP) is -3.72. The normalized spacial score (nSPS) is 13.7. The molecule has 0 aliphatic carbocycles. The van der Waals surface area contributed by atoms with Crippen LogP contribution in [0.1, 0.15) is 33.1 Å². The van der Waals surface area contributed by atoms with Crippen molar-refractivity contribution in [2.24, 2.45) is 23.1 Å². The number of hydrogen-bond acceptors (Lipinski definition) is 7. The summed E-state index contributed by atoms with van der Waals surface area (Å²) in [5.74, 6) is -5.53. The zero-order chi connectivity index (χ0) is 22.7. The molecule has 0 aliphatic heterocycles. The van der Waals surface area contributed by atoms with Crippen LogP contribution in [0.25, 0.3) is 0 Å². The van der Waals surface area contributed by atoms with Gasteiger partial charge in [-0.2, -0.15) is 0 Å². The number of rotatable bonds is 13. The molecule has 0 heterocycles. The quantitative estimate of drug-likeness (QED) is 0.157. The second-order valence-corrected chi connectivity index (χ2v) is 6.69. The molecule has 0 aromatic carbocycles. The third-order valence-corrected chi connectivity index (χ3v) is 3.74. The third-order valence-electron chi connectivity index (χ3n) is 3.74. The Labute approximate surface area is 167 Å². The van der Waals surface area contributed by atoms with E-state index in [0.717, 1.165) is 0 Å². The highest BCUT2D eigenvalue weighted by atomic mass is 16.4. The minimum absolute atomic E-state index is 0.202. The van der Waals surface area contributed by atoms with E-state index in [-0.39, 0.29) is 18.8 Å². The van der Waals surface area contributed by atoms with Crippen molar-refractivity contribution in [3.05, 3.63) is 0 Å². The van der Waals surface area contributed by atoms with Crippen LogP contribution in [0.5, 0.6) is 0 Å². The number of carboxylic acids is 1. The van der Waals surface area contributed by atoms with Gasteiger partial charge in [-0.05, 0) is 12.3 Å². The largest absolute Gasteiger partial charge is 0.480 e. The van der Waals surface area contributed by atoms with Crippen molar-refractivity contribution in [3.63, 3.8) is 0 Å². The highest BCUT2D eigenvalue weighted by Crippen LogP contribution is 2.03. The molecule has 5 amide bonds. The zero-order valence-electron chi connectivity index (χ0n) is 16.3. The predicted molar refractivity (Wildman–Crippen MR) is 99.6 cm³/mol. The summed E-state index contributed by atoms with van der Waals surface area (Å²) in [6.07, 6.45) is -0.841. The second-order valence-electron chi connectivity index (χ2n) is 6.69. The fourth-order valence-corrected chi connectivity index (χ4v) is 2.17. The number of hydrogen-bond donors (Lipinski definition) is 7. The van der Waals surface area contributed by atoms with Crippen molar-refractivity contribution in [2.45, 2.75) is 51.2 Å². The number of nitrogens with one attached hydrogen (secondary N) is 3. The van der Waals surface area contributed by atoms with E-state index in [1.165, 1.54) is 0 Å². The standard InChI is InChI=1S/C16H28N6O7/c1-7(2)13(22-14(26)8(17)5-11(19)24)15(27)20-6-12(25)21-9(16(28)29)3-4-10(18)23/h7-9,13H,3-6,17H2,1-2H3,(H2,18,23)(H2,19,24)(H,20,27)(H,21,25)(H,22,26)(H,28,29). The Morgan fingerprint density at radius 3 is 1.97 bits per heavy atom. The molecule has 0 aromatic heterocycles. The Bertz CT molecular complexity index is 652. The first-order valence-corrected chi connectivity index (χ1v) is 8.77. The van der Waals surface area contributed by atoms with Gasteiger partial charge in [0.05, 0.1) is 19.0 Å². The van der Waals surface area contributed by atoms with Gasteiger partial charge in [0, 0.05) is 6.42 Å². The van der Waals surface area contributed by atoms with Gasteiger partial charge in [-0.3, -0.25) is 24.0 Å². The van der Waals surface area contributed by atoms with E-state index >= 15 is 0 Å². The van der Waals surface area contributed by atoms with Crippen molar-refractivity contribution in [1.29, 1.82) is 0 Å². The van der Waals surface area contributed by atoms with Crippen LogP contribution < -0.4 is 33.2 Å². The lowest BCUT2D eigenvalue weighted by Gasteiger charge is -2.23. The van der Waals surface area contributed by atoms with E-state index in [9.17, 15) is 28.8 Å². The van der Waals surface area contributed by atoms with Crippen molar-refractivity contribution in [1.82, 2.24) is 16.0 Å². The highest BCUT2D eigenvalue weighted by molar-refractivity contribution is 5.94. The molecule has 0 saturated carbocycles. The van der Waals surface area contributed by atoms with Crippen LogP contribution in [0.15, 0.2) is 0 Å². The topological polar surface area (TPSA) is 237 Å². The van der Waals surface area contributed by atoms with Crippen LogP contribution in [-0.2, 0) is 28.8 Å². The summed E-state index contributed by atoms with van der Waals surface area (Å²) in [6, 6.07) is -3.63. The first kappa shape index (κ1) is 25.8. The Balaban J connectivity index is 4.76. The molecule has 10 N–H and O–H groups in total. The van der Waals surface area contributed by atoms with E-state index in [1.54, 1.807) is 13.8 Å². The van der Waals surface area contributed by atoms with Crippen LogP contribution in [-0.4, -0.2) is 65.3 Å². The summed E-state index contributed by atoms with van der Waals surface area (Å²) >= 11 is 0. The Kier molecular flexibility index (Phi) is 10.9. The van der Waals surface area contributed by atoms with Crippen LogP contribution in [0, 0.1) is 5.92 Å². The van der Waals surface area contributed by atoms with E-state index in [4.69, 9.17) is 22.3 Å². The number of carbonyl (C=O) groups is 6. The van der Waals surface area contributed by atoms with Crippen LogP contribution >= 0.6 is 0 Å². The van der Waals surface area contributed by atoms with Gasteiger partial charge in [-0.25, -0.2) is 4.79 Å². The SMILES string of the molecule is CC(C)C(NC(=O)C(N)CC(N)=O)C(=O)NCC(=O)NC(CCC(N)=O)C(=O)O. The Morgan fingerprint density at radius 1 is 0.931 bits per heavy atom. The fraction of sp³-hybridized carbons (Fsp3) is 0.625. The number of nitrogens with two attached hydrogens (primary N) is 3. The second kappa shape index (κ2) is 12.3. The average molecular weight is 416 g/mol. The van der Waals surface area contributed by atoms with Gasteiger partial charge >= 0.3 is 5.97 Å². The maximum Gasteiger partial charge on any atom is 0.326 e. The molecule has 29 heavy (non-hydrogen) atoms. The van der Waals surface area contributed by atoms with Gasteiger partial charge in [-0.1, -0.05) is 13.8 Å². The number of primary amides is 2. The molecule has 0 radical (unpaired) electrons. The van der Waals surface area contributed by atoms with Gasteiger partial charge in [-0.15, -0.1) is 0 Å². The Hall–Kier alpha value is -3.22. The van der Waals surface area contributed by atoms with Gasteiger partial charge in [0.25, 0.3) is 0 Å². The first-order chi connectivity index (χ1) is 13.3. The maximum atomic E-state index is 12.3. The van der Waals surface area contributed by atoms with E-state index in [2.05, 4.69) is 16.0 Å². The molecule has 13 nitrogen and oxygen atoms in total. The molecule has 0 aliphatic rings. The summed E-state index contributed by atoms with van der Waals surface area (Å²) in [5, 5.41) is 15.8. The summed E-state index contributed by atoms with van der Waals surface area (Å²) < 4.78 is 0. The third kappa shape index (κ3) is 10.6. The minimum atomic E-state index is -1.36. The number of aliphatic carboxylic acids is 1. The van der Waals surface area contributed by atoms with Gasteiger partial charge in [0.15, 0.2) is 0 Å². The lowest BCUT2D eigenvalue weighted by molar-refractivity contribution is -0.142. The van der Waals surface area contributed by atoms with Crippen molar-refractivity contribution >= 4 is 35.5 Å². The van der Waals surface area contributed by atoms with Gasteiger partial charge < -0.3 is 38.3 Å². The monoisotopic (exact) mass is 416 g/mol. The van der Waals surface area contributed by atoms with Crippen molar-refractivity contribution < 1.29 is 33.9 Å². The molecule has 0 aromatic rings. The van der Waals surface area contributed by atoms with Gasteiger partial charge in [0.1, 0.15) is 12.1 Å². The zero-order valence-corrected chi connectivity index (χ0v) is 16.3. The molecule has 0 spiro atoms. The summed E-state index contributed by atoms with van der Waals surface area (Å²) in [6.45, 7) is 2.70. The number of amides is 5. The molecule has 0 bridgehead atoms. The molecular formula is C16H28N6O7. The summed E-state index contributed by atoms with van der Waals surface area (Å²) in [5.41, 5.74) is 15.4. The van der Waals surface area contributed by atoms with E-state index in [1.807, 2.05) is 0 Å². The summed E-state index contributed by atoms with van der Waals surface area (Å²) in [7, 11) is 0. The Morgan fingerprint density at radius 2 is 1.52 bits per heavy atom. The molecular weight excluding hydrogens is 388 g/mol. The lowest BCUT2D eigenvalue weighted by Crippen LogP contribution is -2.55. The molecule has 0 fully saturated rings. The van der Waals surface area contributed by atoms with Crippen LogP contribution in [0.2, 0.25) is 0 Å². The molecule has 3 atom stereocenters. The van der Waals surface area contributed by atoms with Gasteiger partial charge in [0.2, 0.25) is 29.5 Å². The highest BCUT2D eigenvalue weighted by Gasteiger charge is 2.28. The molecule has 13 heteroatoms. The number of carbonyl (C=O) groups excluding carboxylic acids is 5. The summed E-state index contributed by atoms with van der Waals surface area (Å²) in [4.78, 5) is 68.8. The first-order valence-electron chi connectivity index (χ1n) is 8.77. The maximum absolute atomic E-state index is 12.3. The van der Waals surface area contributed by atoms with Crippen molar-refractivity contribution in [3.8, 4) is 0 Å². The van der Waals surface area contributed by atoms with E-state index in [0.29, 0.717) is 0 Å². The van der Waals surface area contributed by atoms with Crippen LogP contribution in [0.4, 0.5) is 0 Å². The van der Waals surface area contributed by atoms with Crippen LogP contribution in [0.3, 0.4) is 0 Å². The average Bonchev–Trinajstić information content (AvgIpc) is 2.59. The number of carboxylic acid groups (broad SMARTS) is 1. The molecule has 0 saturated heterocycles. The molecule has 3 unspecified atom stereocenters. The van der Waals surface area contributed by atoms with E-state index < -0.39 is 66.6 Å². The molecule has 0 rings (SSSR count). The fourth-order valence-electron chi connectivity index (χ4n) is 2.17. The molecule has 164 valence electrons.